The SMILES string of the molecule is CC[C@H](C(=O)N[C@H](C)CO[C@H]1CCOC1)c1ccccc1. The van der Waals surface area contributed by atoms with Gasteiger partial charge in [-0.3, -0.25) is 4.79 Å². The summed E-state index contributed by atoms with van der Waals surface area (Å²) in [5.74, 6) is -0.0223. The summed E-state index contributed by atoms with van der Waals surface area (Å²) in [6.45, 7) is 5.99. The molecule has 1 aliphatic rings. The number of hydrogen-bond donors (Lipinski definition) is 1. The van der Waals surface area contributed by atoms with Crippen LogP contribution in [0.2, 0.25) is 0 Å². The van der Waals surface area contributed by atoms with E-state index < -0.39 is 0 Å². The zero-order valence-electron chi connectivity index (χ0n) is 12.9. The van der Waals surface area contributed by atoms with Gasteiger partial charge in [0.05, 0.1) is 25.2 Å². The first-order valence-electron chi connectivity index (χ1n) is 7.75. The van der Waals surface area contributed by atoms with Crippen LogP contribution in [0.5, 0.6) is 0 Å². The third-order valence-corrected chi connectivity index (χ3v) is 3.79. The minimum absolute atomic E-state index is 0.0101. The second kappa shape index (κ2) is 8.15. The third kappa shape index (κ3) is 4.83. The summed E-state index contributed by atoms with van der Waals surface area (Å²) in [6.07, 6.45) is 1.92. The lowest BCUT2D eigenvalue weighted by Gasteiger charge is -2.21. The molecule has 0 saturated carbocycles. The van der Waals surface area contributed by atoms with Crippen LogP contribution in [0, 0.1) is 0 Å². The molecular weight excluding hydrogens is 266 g/mol. The van der Waals surface area contributed by atoms with Gasteiger partial charge in [0, 0.05) is 12.6 Å². The molecule has 4 nitrogen and oxygen atoms in total. The molecule has 1 aliphatic heterocycles. The van der Waals surface area contributed by atoms with Crippen LogP contribution in [-0.4, -0.2) is 37.9 Å². The smallest absolute Gasteiger partial charge is 0.227 e. The molecular formula is C17H25NO3. The van der Waals surface area contributed by atoms with Crippen molar-refractivity contribution in [2.75, 3.05) is 19.8 Å². The molecule has 0 aliphatic carbocycles. The van der Waals surface area contributed by atoms with Crippen molar-refractivity contribution < 1.29 is 14.3 Å². The van der Waals surface area contributed by atoms with Crippen molar-refractivity contribution in [1.82, 2.24) is 5.32 Å². The second-order valence-electron chi connectivity index (χ2n) is 5.60. The standard InChI is InChI=1S/C17H25NO3/c1-3-16(14-7-5-4-6-8-14)17(19)18-13(2)11-21-15-9-10-20-12-15/h4-8,13,15-16H,3,9-12H2,1-2H3,(H,18,19)/t13-,15+,16+/m1/s1. The number of hydrogen-bond acceptors (Lipinski definition) is 3. The van der Waals surface area contributed by atoms with E-state index in [1.54, 1.807) is 0 Å². The molecule has 1 amide bonds. The maximum atomic E-state index is 12.4. The fourth-order valence-corrected chi connectivity index (χ4v) is 2.57. The Balaban J connectivity index is 1.81. The van der Waals surface area contributed by atoms with Gasteiger partial charge in [0.25, 0.3) is 0 Å². The topological polar surface area (TPSA) is 47.6 Å². The summed E-state index contributed by atoms with van der Waals surface area (Å²) in [5.41, 5.74) is 1.06. The number of benzene rings is 1. The number of nitrogens with one attached hydrogen (secondary N) is 1. The Bertz CT molecular complexity index is 429. The third-order valence-electron chi connectivity index (χ3n) is 3.79. The van der Waals surface area contributed by atoms with Gasteiger partial charge in [0.15, 0.2) is 0 Å². The summed E-state index contributed by atoms with van der Waals surface area (Å²) in [6, 6.07) is 9.93. The van der Waals surface area contributed by atoms with E-state index in [2.05, 4.69) is 5.32 Å². The van der Waals surface area contributed by atoms with E-state index >= 15 is 0 Å². The Morgan fingerprint density at radius 2 is 2.19 bits per heavy atom. The molecule has 0 spiro atoms. The van der Waals surface area contributed by atoms with Gasteiger partial charge in [-0.05, 0) is 25.3 Å². The predicted molar refractivity (Wildman–Crippen MR) is 82.3 cm³/mol. The molecule has 1 aromatic carbocycles. The Labute approximate surface area is 126 Å². The number of rotatable bonds is 7. The molecule has 4 heteroatoms. The fraction of sp³-hybridized carbons (Fsp3) is 0.588. The summed E-state index contributed by atoms with van der Waals surface area (Å²) < 4.78 is 11.0. The maximum Gasteiger partial charge on any atom is 0.227 e. The van der Waals surface area contributed by atoms with Gasteiger partial charge in [0.1, 0.15) is 0 Å². The van der Waals surface area contributed by atoms with Gasteiger partial charge in [-0.1, -0.05) is 37.3 Å². The van der Waals surface area contributed by atoms with Gasteiger partial charge in [0.2, 0.25) is 5.91 Å². The van der Waals surface area contributed by atoms with E-state index in [4.69, 9.17) is 9.47 Å². The zero-order valence-corrected chi connectivity index (χ0v) is 12.9. The Hall–Kier alpha value is -1.39. The Kier molecular flexibility index (Phi) is 6.21. The van der Waals surface area contributed by atoms with E-state index in [1.165, 1.54) is 0 Å². The molecule has 116 valence electrons. The minimum Gasteiger partial charge on any atom is -0.379 e. The molecule has 3 atom stereocenters. The van der Waals surface area contributed by atoms with Gasteiger partial charge < -0.3 is 14.8 Å². The van der Waals surface area contributed by atoms with Crippen LogP contribution in [0.15, 0.2) is 30.3 Å². The van der Waals surface area contributed by atoms with E-state index in [1.807, 2.05) is 44.2 Å². The molecule has 1 aromatic rings. The summed E-state index contributed by atoms with van der Waals surface area (Å²) >= 11 is 0. The van der Waals surface area contributed by atoms with Crippen LogP contribution < -0.4 is 5.32 Å². The number of ether oxygens (including phenoxy) is 2. The van der Waals surface area contributed by atoms with E-state index in [0.717, 1.165) is 25.0 Å². The molecule has 21 heavy (non-hydrogen) atoms. The average molecular weight is 291 g/mol. The van der Waals surface area contributed by atoms with Crippen LogP contribution in [0.25, 0.3) is 0 Å². The quantitative estimate of drug-likeness (QED) is 0.839. The van der Waals surface area contributed by atoms with Crippen LogP contribution in [0.4, 0.5) is 0 Å². The molecule has 1 N–H and O–H groups in total. The van der Waals surface area contributed by atoms with Crippen LogP contribution in [-0.2, 0) is 14.3 Å². The highest BCUT2D eigenvalue weighted by Gasteiger charge is 2.21. The maximum absolute atomic E-state index is 12.4. The minimum atomic E-state index is -0.0940. The van der Waals surface area contributed by atoms with Crippen molar-refractivity contribution in [2.24, 2.45) is 0 Å². The van der Waals surface area contributed by atoms with Crippen molar-refractivity contribution in [3.63, 3.8) is 0 Å². The highest BCUT2D eigenvalue weighted by atomic mass is 16.5. The zero-order chi connectivity index (χ0) is 15.1. The Morgan fingerprint density at radius 1 is 1.43 bits per heavy atom. The van der Waals surface area contributed by atoms with Crippen molar-refractivity contribution in [3.05, 3.63) is 35.9 Å². The lowest BCUT2D eigenvalue weighted by molar-refractivity contribution is -0.123. The van der Waals surface area contributed by atoms with E-state index in [0.29, 0.717) is 13.2 Å². The molecule has 0 radical (unpaired) electrons. The molecule has 0 bridgehead atoms. The molecule has 1 saturated heterocycles. The average Bonchev–Trinajstić information content (AvgIpc) is 3.00. The van der Waals surface area contributed by atoms with Gasteiger partial charge >= 0.3 is 0 Å². The largest absolute Gasteiger partial charge is 0.379 e. The van der Waals surface area contributed by atoms with Crippen molar-refractivity contribution >= 4 is 5.91 Å². The molecule has 1 heterocycles. The first kappa shape index (κ1) is 16.0. The predicted octanol–water partition coefficient (Wildman–Crippen LogP) is 2.49. The van der Waals surface area contributed by atoms with Crippen LogP contribution in [0.3, 0.4) is 0 Å². The van der Waals surface area contributed by atoms with Crippen molar-refractivity contribution in [1.29, 1.82) is 0 Å². The van der Waals surface area contributed by atoms with Crippen molar-refractivity contribution in [2.45, 2.75) is 44.8 Å². The number of carbonyl (C=O) groups excluding carboxylic acids is 1. The lowest BCUT2D eigenvalue weighted by atomic mass is 9.95. The molecule has 2 rings (SSSR count). The first-order chi connectivity index (χ1) is 10.2. The van der Waals surface area contributed by atoms with Gasteiger partial charge in [-0.25, -0.2) is 0 Å². The normalized spacial score (nSPS) is 21.0. The summed E-state index contributed by atoms with van der Waals surface area (Å²) in [4.78, 5) is 12.4. The fourth-order valence-electron chi connectivity index (χ4n) is 2.57. The Morgan fingerprint density at radius 3 is 2.81 bits per heavy atom. The molecule has 0 aromatic heterocycles. The summed E-state index contributed by atoms with van der Waals surface area (Å²) in [7, 11) is 0. The van der Waals surface area contributed by atoms with Crippen molar-refractivity contribution in [3.8, 4) is 0 Å². The van der Waals surface area contributed by atoms with Crippen LogP contribution in [0.1, 0.15) is 38.2 Å². The first-order valence-corrected chi connectivity index (χ1v) is 7.75. The monoisotopic (exact) mass is 291 g/mol. The van der Waals surface area contributed by atoms with E-state index in [9.17, 15) is 4.79 Å². The molecule has 0 unspecified atom stereocenters. The number of carbonyl (C=O) groups is 1. The lowest BCUT2D eigenvalue weighted by Crippen LogP contribution is -2.39. The second-order valence-corrected chi connectivity index (χ2v) is 5.60. The number of amides is 1. The van der Waals surface area contributed by atoms with Gasteiger partial charge in [-0.2, -0.15) is 0 Å². The van der Waals surface area contributed by atoms with E-state index in [-0.39, 0.29) is 24.0 Å². The highest BCUT2D eigenvalue weighted by molar-refractivity contribution is 5.83. The molecule has 1 fully saturated rings. The highest BCUT2D eigenvalue weighted by Crippen LogP contribution is 2.19. The van der Waals surface area contributed by atoms with Crippen LogP contribution >= 0.6 is 0 Å². The van der Waals surface area contributed by atoms with Gasteiger partial charge in [-0.15, -0.1) is 0 Å². The summed E-state index contributed by atoms with van der Waals surface area (Å²) in [5, 5.41) is 3.05.